The minimum absolute atomic E-state index is 0.108. The van der Waals surface area contributed by atoms with Crippen molar-refractivity contribution in [2.75, 3.05) is 31.1 Å². The number of aromatic nitrogens is 1. The molecule has 17 heavy (non-hydrogen) atoms. The standard InChI is InChI=1S/C13H20FN3/c1-13(2,3)11-5-4-10(12(14)16-11)17-8-6-15-7-9-17/h4-5,15H,6-9H2,1-3H3. The van der Waals surface area contributed by atoms with E-state index in [0.717, 1.165) is 31.9 Å². The predicted molar refractivity (Wildman–Crippen MR) is 68.0 cm³/mol. The van der Waals surface area contributed by atoms with E-state index in [1.54, 1.807) is 0 Å². The van der Waals surface area contributed by atoms with Crippen LogP contribution in [0.1, 0.15) is 26.5 Å². The number of nitrogens with zero attached hydrogens (tertiary/aromatic N) is 2. The second kappa shape index (κ2) is 4.61. The van der Waals surface area contributed by atoms with Crippen LogP contribution < -0.4 is 10.2 Å². The molecular formula is C13H20FN3. The second-order valence-electron chi connectivity index (χ2n) is 5.49. The van der Waals surface area contributed by atoms with Crippen molar-refractivity contribution in [3.63, 3.8) is 0 Å². The Bertz CT molecular complexity index is 392. The van der Waals surface area contributed by atoms with Gasteiger partial charge in [0.2, 0.25) is 5.95 Å². The first kappa shape index (κ1) is 12.3. The molecule has 0 unspecified atom stereocenters. The number of pyridine rings is 1. The van der Waals surface area contributed by atoms with E-state index in [0.29, 0.717) is 5.69 Å². The quantitative estimate of drug-likeness (QED) is 0.756. The second-order valence-corrected chi connectivity index (χ2v) is 5.49. The molecule has 0 saturated carbocycles. The maximum atomic E-state index is 14.0. The van der Waals surface area contributed by atoms with E-state index in [-0.39, 0.29) is 11.4 Å². The lowest BCUT2D eigenvalue weighted by Gasteiger charge is -2.30. The first-order chi connectivity index (χ1) is 7.98. The molecule has 1 aliphatic rings. The molecule has 0 radical (unpaired) electrons. The third kappa shape index (κ3) is 2.75. The Balaban J connectivity index is 2.25. The summed E-state index contributed by atoms with van der Waals surface area (Å²) < 4.78 is 14.0. The van der Waals surface area contributed by atoms with Crippen LogP contribution in [0.4, 0.5) is 10.1 Å². The molecule has 0 spiro atoms. The monoisotopic (exact) mass is 237 g/mol. The number of piperazine rings is 1. The number of hydrogen-bond acceptors (Lipinski definition) is 3. The van der Waals surface area contributed by atoms with Crippen LogP contribution in [-0.2, 0) is 5.41 Å². The van der Waals surface area contributed by atoms with Crippen LogP contribution in [0.25, 0.3) is 0 Å². The fourth-order valence-electron chi connectivity index (χ4n) is 1.99. The Kier molecular flexibility index (Phi) is 3.33. The maximum absolute atomic E-state index is 14.0. The van der Waals surface area contributed by atoms with Crippen molar-refractivity contribution in [2.45, 2.75) is 26.2 Å². The molecule has 1 aliphatic heterocycles. The Hall–Kier alpha value is -1.16. The molecule has 0 atom stereocenters. The minimum atomic E-state index is -0.348. The summed E-state index contributed by atoms with van der Waals surface area (Å²) in [6.45, 7) is 9.61. The SMILES string of the molecule is CC(C)(C)c1ccc(N2CCNCC2)c(F)n1. The molecule has 0 bridgehead atoms. The Morgan fingerprint density at radius 3 is 2.41 bits per heavy atom. The van der Waals surface area contributed by atoms with Gasteiger partial charge in [0, 0.05) is 37.3 Å². The lowest BCUT2D eigenvalue weighted by Crippen LogP contribution is -2.44. The summed E-state index contributed by atoms with van der Waals surface area (Å²) in [5.41, 5.74) is 1.32. The van der Waals surface area contributed by atoms with Gasteiger partial charge in [0.25, 0.3) is 0 Å². The van der Waals surface area contributed by atoms with Crippen LogP contribution in [-0.4, -0.2) is 31.2 Å². The zero-order chi connectivity index (χ0) is 12.5. The van der Waals surface area contributed by atoms with Gasteiger partial charge in [-0.3, -0.25) is 0 Å². The zero-order valence-electron chi connectivity index (χ0n) is 10.8. The first-order valence-electron chi connectivity index (χ1n) is 6.11. The van der Waals surface area contributed by atoms with Crippen molar-refractivity contribution in [1.82, 2.24) is 10.3 Å². The zero-order valence-corrected chi connectivity index (χ0v) is 10.8. The molecule has 1 fully saturated rings. The topological polar surface area (TPSA) is 28.2 Å². The van der Waals surface area contributed by atoms with E-state index in [4.69, 9.17) is 0 Å². The fraction of sp³-hybridized carbons (Fsp3) is 0.615. The molecule has 1 aromatic heterocycles. The number of nitrogens with one attached hydrogen (secondary N) is 1. The Morgan fingerprint density at radius 2 is 1.88 bits per heavy atom. The first-order valence-corrected chi connectivity index (χ1v) is 6.11. The highest BCUT2D eigenvalue weighted by molar-refractivity contribution is 5.47. The van der Waals surface area contributed by atoms with Crippen LogP contribution in [0, 0.1) is 5.95 Å². The molecule has 0 aromatic carbocycles. The highest BCUT2D eigenvalue weighted by Gasteiger charge is 2.20. The van der Waals surface area contributed by atoms with Gasteiger partial charge >= 0.3 is 0 Å². The van der Waals surface area contributed by atoms with Gasteiger partial charge in [0.15, 0.2) is 0 Å². The molecule has 1 N–H and O–H groups in total. The van der Waals surface area contributed by atoms with Crippen molar-refractivity contribution in [3.8, 4) is 0 Å². The van der Waals surface area contributed by atoms with Crippen molar-refractivity contribution in [3.05, 3.63) is 23.8 Å². The van der Waals surface area contributed by atoms with Crippen LogP contribution in [0.3, 0.4) is 0 Å². The molecule has 0 aliphatic carbocycles. The number of halogens is 1. The van der Waals surface area contributed by atoms with E-state index >= 15 is 0 Å². The molecule has 4 heteroatoms. The normalized spacial score (nSPS) is 17.3. The van der Waals surface area contributed by atoms with Crippen molar-refractivity contribution in [1.29, 1.82) is 0 Å². The third-order valence-corrected chi connectivity index (χ3v) is 3.06. The molecule has 3 nitrogen and oxygen atoms in total. The van der Waals surface area contributed by atoms with Crippen LogP contribution in [0.5, 0.6) is 0 Å². The van der Waals surface area contributed by atoms with Gasteiger partial charge in [-0.05, 0) is 12.1 Å². The van der Waals surface area contributed by atoms with E-state index in [1.807, 2.05) is 37.8 Å². The average molecular weight is 237 g/mol. The van der Waals surface area contributed by atoms with E-state index in [9.17, 15) is 4.39 Å². The van der Waals surface area contributed by atoms with E-state index in [2.05, 4.69) is 10.3 Å². The molecule has 94 valence electrons. The summed E-state index contributed by atoms with van der Waals surface area (Å²) in [6, 6.07) is 3.79. The Morgan fingerprint density at radius 1 is 1.24 bits per heavy atom. The summed E-state index contributed by atoms with van der Waals surface area (Å²) in [6.07, 6.45) is 0. The minimum Gasteiger partial charge on any atom is -0.365 e. The number of anilines is 1. The van der Waals surface area contributed by atoms with Crippen LogP contribution >= 0.6 is 0 Å². The highest BCUT2D eigenvalue weighted by atomic mass is 19.1. The molecule has 2 heterocycles. The van der Waals surface area contributed by atoms with Gasteiger partial charge < -0.3 is 10.2 Å². The van der Waals surface area contributed by atoms with Crippen molar-refractivity contribution >= 4 is 5.69 Å². The highest BCUT2D eigenvalue weighted by Crippen LogP contribution is 2.24. The summed E-state index contributed by atoms with van der Waals surface area (Å²) >= 11 is 0. The molecule has 1 aromatic rings. The summed E-state index contributed by atoms with van der Waals surface area (Å²) in [4.78, 5) is 6.14. The smallest absolute Gasteiger partial charge is 0.236 e. The molecule has 1 saturated heterocycles. The third-order valence-electron chi connectivity index (χ3n) is 3.06. The van der Waals surface area contributed by atoms with Crippen LogP contribution in [0.2, 0.25) is 0 Å². The molecule has 2 rings (SSSR count). The van der Waals surface area contributed by atoms with Gasteiger partial charge in [0.1, 0.15) is 0 Å². The van der Waals surface area contributed by atoms with Crippen molar-refractivity contribution in [2.24, 2.45) is 0 Å². The van der Waals surface area contributed by atoms with E-state index < -0.39 is 0 Å². The summed E-state index contributed by atoms with van der Waals surface area (Å²) in [5, 5.41) is 3.26. The fourth-order valence-corrected chi connectivity index (χ4v) is 1.99. The lowest BCUT2D eigenvalue weighted by atomic mass is 9.91. The van der Waals surface area contributed by atoms with Gasteiger partial charge in [-0.1, -0.05) is 20.8 Å². The molecular weight excluding hydrogens is 217 g/mol. The Labute approximate surface area is 102 Å². The molecule has 0 amide bonds. The van der Waals surface area contributed by atoms with Crippen LogP contribution in [0.15, 0.2) is 12.1 Å². The summed E-state index contributed by atoms with van der Waals surface area (Å²) in [7, 11) is 0. The lowest BCUT2D eigenvalue weighted by molar-refractivity contribution is 0.513. The van der Waals surface area contributed by atoms with E-state index in [1.165, 1.54) is 0 Å². The van der Waals surface area contributed by atoms with Gasteiger partial charge in [0.05, 0.1) is 5.69 Å². The van der Waals surface area contributed by atoms with Gasteiger partial charge in [-0.2, -0.15) is 4.39 Å². The van der Waals surface area contributed by atoms with Crippen molar-refractivity contribution < 1.29 is 4.39 Å². The predicted octanol–water partition coefficient (Wildman–Crippen LogP) is 1.93. The largest absolute Gasteiger partial charge is 0.365 e. The average Bonchev–Trinajstić information content (AvgIpc) is 2.29. The maximum Gasteiger partial charge on any atom is 0.236 e. The van der Waals surface area contributed by atoms with Gasteiger partial charge in [-0.25, -0.2) is 4.98 Å². The van der Waals surface area contributed by atoms with Gasteiger partial charge in [-0.15, -0.1) is 0 Å². The summed E-state index contributed by atoms with van der Waals surface area (Å²) in [5.74, 6) is -0.348. The number of hydrogen-bond donors (Lipinski definition) is 1. The number of rotatable bonds is 1.